The third-order valence-electron chi connectivity index (χ3n) is 1.48. The molecule has 0 radical (unpaired) electrons. The summed E-state index contributed by atoms with van der Waals surface area (Å²) in [6, 6.07) is 1.81. The first-order chi connectivity index (χ1) is 5.63. The van der Waals surface area contributed by atoms with Crippen LogP contribution in [0.25, 0.3) is 0 Å². The molecule has 1 atom stereocenters. The molecule has 1 nitrogen and oxygen atoms in total. The highest BCUT2D eigenvalue weighted by molar-refractivity contribution is 5.85. The minimum Gasteiger partial charge on any atom is -0.322 e. The third-order valence-corrected chi connectivity index (χ3v) is 1.48. The van der Waals surface area contributed by atoms with Crippen molar-refractivity contribution in [2.24, 2.45) is 5.73 Å². The maximum absolute atomic E-state index is 12.5. The summed E-state index contributed by atoms with van der Waals surface area (Å²) in [5, 5.41) is 0. The highest BCUT2D eigenvalue weighted by atomic mass is 35.5. The van der Waals surface area contributed by atoms with Gasteiger partial charge in [0.2, 0.25) is 0 Å². The molecular formula is C8H9ClF3N. The summed E-state index contributed by atoms with van der Waals surface area (Å²) < 4.78 is 37.0. The van der Waals surface area contributed by atoms with Crippen molar-refractivity contribution in [2.45, 2.75) is 6.04 Å². The lowest BCUT2D eigenvalue weighted by Crippen LogP contribution is -2.12. The van der Waals surface area contributed by atoms with Crippen LogP contribution in [0.1, 0.15) is 11.6 Å². The fourth-order valence-electron chi connectivity index (χ4n) is 0.878. The van der Waals surface area contributed by atoms with E-state index in [4.69, 9.17) is 5.73 Å². The van der Waals surface area contributed by atoms with E-state index in [-0.39, 0.29) is 18.0 Å². The second-order valence-electron chi connectivity index (χ2n) is 2.46. The van der Waals surface area contributed by atoms with Gasteiger partial charge in [-0.2, -0.15) is 0 Å². The number of benzene rings is 1. The van der Waals surface area contributed by atoms with E-state index < -0.39 is 24.4 Å². The van der Waals surface area contributed by atoms with E-state index >= 15 is 0 Å². The summed E-state index contributed by atoms with van der Waals surface area (Å²) in [6.07, 6.45) is 0. The van der Waals surface area contributed by atoms with Gasteiger partial charge in [0, 0.05) is 6.07 Å². The van der Waals surface area contributed by atoms with Gasteiger partial charge in [-0.05, 0) is 17.7 Å². The fourth-order valence-corrected chi connectivity index (χ4v) is 0.878. The van der Waals surface area contributed by atoms with E-state index in [0.29, 0.717) is 6.07 Å². The van der Waals surface area contributed by atoms with Crippen LogP contribution < -0.4 is 5.73 Å². The minimum atomic E-state index is -0.949. The van der Waals surface area contributed by atoms with Crippen LogP contribution in [0.2, 0.25) is 0 Å². The predicted octanol–water partition coefficient (Wildman–Crippen LogP) is 2.36. The Morgan fingerprint density at radius 3 is 2.00 bits per heavy atom. The Bertz CT molecular complexity index is 260. The van der Waals surface area contributed by atoms with Gasteiger partial charge in [0.15, 0.2) is 0 Å². The van der Waals surface area contributed by atoms with Gasteiger partial charge in [-0.25, -0.2) is 13.2 Å². The van der Waals surface area contributed by atoms with E-state index in [0.717, 1.165) is 12.1 Å². The maximum atomic E-state index is 12.5. The third kappa shape index (κ3) is 3.24. The molecule has 0 bridgehead atoms. The maximum Gasteiger partial charge on any atom is 0.126 e. The second kappa shape index (κ2) is 5.09. The van der Waals surface area contributed by atoms with Crippen LogP contribution in [0, 0.1) is 11.6 Å². The van der Waals surface area contributed by atoms with Crippen LogP contribution in [0.15, 0.2) is 18.2 Å². The zero-order valence-electron chi connectivity index (χ0n) is 6.64. The molecule has 0 amide bonds. The van der Waals surface area contributed by atoms with Crippen LogP contribution in [-0.4, -0.2) is 6.67 Å². The van der Waals surface area contributed by atoms with Gasteiger partial charge in [-0.3, -0.25) is 0 Å². The van der Waals surface area contributed by atoms with E-state index in [1.807, 2.05) is 0 Å². The van der Waals surface area contributed by atoms with Crippen molar-refractivity contribution in [2.75, 3.05) is 6.67 Å². The van der Waals surface area contributed by atoms with E-state index in [1.165, 1.54) is 0 Å². The van der Waals surface area contributed by atoms with Crippen LogP contribution in [-0.2, 0) is 0 Å². The Morgan fingerprint density at radius 1 is 1.15 bits per heavy atom. The van der Waals surface area contributed by atoms with Crippen LogP contribution in [0.5, 0.6) is 0 Å². The SMILES string of the molecule is Cl.N[C@@H](CF)c1cc(F)cc(F)c1. The van der Waals surface area contributed by atoms with Gasteiger partial charge in [0.25, 0.3) is 0 Å². The van der Waals surface area contributed by atoms with Crippen molar-refractivity contribution < 1.29 is 13.2 Å². The quantitative estimate of drug-likeness (QED) is 0.799. The lowest BCUT2D eigenvalue weighted by Gasteiger charge is -2.06. The zero-order valence-corrected chi connectivity index (χ0v) is 7.45. The molecule has 74 valence electrons. The molecule has 0 saturated carbocycles. The van der Waals surface area contributed by atoms with Crippen molar-refractivity contribution in [3.63, 3.8) is 0 Å². The molecule has 0 fully saturated rings. The molecule has 1 aromatic carbocycles. The van der Waals surface area contributed by atoms with Gasteiger partial charge in [0.05, 0.1) is 6.04 Å². The van der Waals surface area contributed by atoms with Gasteiger partial charge in [-0.1, -0.05) is 0 Å². The predicted molar refractivity (Wildman–Crippen MR) is 46.5 cm³/mol. The van der Waals surface area contributed by atoms with E-state index in [1.54, 1.807) is 0 Å². The van der Waals surface area contributed by atoms with E-state index in [2.05, 4.69) is 0 Å². The molecule has 0 spiro atoms. The Hall–Kier alpha value is -0.740. The van der Waals surface area contributed by atoms with Crippen molar-refractivity contribution in [3.05, 3.63) is 35.4 Å². The molecule has 0 aliphatic carbocycles. The smallest absolute Gasteiger partial charge is 0.126 e. The Morgan fingerprint density at radius 2 is 1.62 bits per heavy atom. The summed E-state index contributed by atoms with van der Waals surface area (Å²) >= 11 is 0. The number of hydrogen-bond donors (Lipinski definition) is 1. The summed E-state index contributed by atoms with van der Waals surface area (Å²) in [7, 11) is 0. The number of rotatable bonds is 2. The Kier molecular flexibility index (Phi) is 4.80. The van der Waals surface area contributed by atoms with Crippen molar-refractivity contribution in [3.8, 4) is 0 Å². The van der Waals surface area contributed by atoms with Gasteiger partial charge >= 0.3 is 0 Å². The van der Waals surface area contributed by atoms with Crippen LogP contribution in [0.3, 0.4) is 0 Å². The van der Waals surface area contributed by atoms with Crippen molar-refractivity contribution in [1.82, 2.24) is 0 Å². The molecule has 1 aromatic rings. The fraction of sp³-hybridized carbons (Fsp3) is 0.250. The lowest BCUT2D eigenvalue weighted by atomic mass is 10.1. The lowest BCUT2D eigenvalue weighted by molar-refractivity contribution is 0.434. The van der Waals surface area contributed by atoms with Gasteiger partial charge in [0.1, 0.15) is 18.3 Å². The average Bonchev–Trinajstić information content (AvgIpc) is 2.01. The van der Waals surface area contributed by atoms with E-state index in [9.17, 15) is 13.2 Å². The summed E-state index contributed by atoms with van der Waals surface area (Å²) in [4.78, 5) is 0. The Labute approximate surface area is 80.2 Å². The second-order valence-corrected chi connectivity index (χ2v) is 2.46. The zero-order chi connectivity index (χ0) is 9.14. The number of halogens is 4. The van der Waals surface area contributed by atoms with Gasteiger partial charge in [-0.15, -0.1) is 12.4 Å². The summed E-state index contributed by atoms with van der Waals surface area (Å²) in [5.41, 5.74) is 5.36. The standard InChI is InChI=1S/C8H8F3N.ClH/c9-4-8(12)5-1-6(10)3-7(11)2-5;/h1-3,8H,4,12H2;1H/t8-;/m0./s1. The van der Waals surface area contributed by atoms with Gasteiger partial charge < -0.3 is 5.73 Å². The number of alkyl halides is 1. The molecule has 0 aliphatic rings. The first-order valence-electron chi connectivity index (χ1n) is 3.41. The molecule has 0 unspecified atom stereocenters. The highest BCUT2D eigenvalue weighted by Gasteiger charge is 2.07. The minimum absolute atomic E-state index is 0. The largest absolute Gasteiger partial charge is 0.322 e. The summed E-state index contributed by atoms with van der Waals surface area (Å²) in [5.74, 6) is -1.48. The van der Waals surface area contributed by atoms with Crippen molar-refractivity contribution in [1.29, 1.82) is 0 Å². The van der Waals surface area contributed by atoms with Crippen LogP contribution in [0.4, 0.5) is 13.2 Å². The highest BCUT2D eigenvalue weighted by Crippen LogP contribution is 2.14. The molecule has 1 rings (SSSR count). The Balaban J connectivity index is 0.00000144. The van der Waals surface area contributed by atoms with Crippen LogP contribution >= 0.6 is 12.4 Å². The number of hydrogen-bond acceptors (Lipinski definition) is 1. The average molecular weight is 212 g/mol. The monoisotopic (exact) mass is 211 g/mol. The number of nitrogens with two attached hydrogens (primary N) is 1. The van der Waals surface area contributed by atoms with Crippen molar-refractivity contribution >= 4 is 12.4 Å². The molecule has 13 heavy (non-hydrogen) atoms. The molecular weight excluding hydrogens is 203 g/mol. The summed E-state index contributed by atoms with van der Waals surface area (Å²) in [6.45, 7) is -0.830. The molecule has 5 heteroatoms. The molecule has 0 aromatic heterocycles. The first kappa shape index (κ1) is 12.3. The molecule has 0 heterocycles. The topological polar surface area (TPSA) is 26.0 Å². The normalized spacial score (nSPS) is 12.0. The molecule has 2 N–H and O–H groups in total. The molecule has 0 saturated heterocycles. The molecule has 0 aliphatic heterocycles. The first-order valence-corrected chi connectivity index (χ1v) is 3.41.